The van der Waals surface area contributed by atoms with Gasteiger partial charge in [-0.15, -0.1) is 0 Å². The van der Waals surface area contributed by atoms with Gasteiger partial charge in [-0.2, -0.15) is 0 Å². The number of hydrogen-bond acceptors (Lipinski definition) is 4. The zero-order valence-electron chi connectivity index (χ0n) is 13.3. The molecule has 1 aliphatic heterocycles. The van der Waals surface area contributed by atoms with Crippen molar-refractivity contribution in [3.8, 4) is 0 Å². The van der Waals surface area contributed by atoms with E-state index in [2.05, 4.69) is 5.32 Å². The van der Waals surface area contributed by atoms with Gasteiger partial charge in [0.1, 0.15) is 5.82 Å². The summed E-state index contributed by atoms with van der Waals surface area (Å²) in [5, 5.41) is 2.77. The SMILES string of the molecule is COCCNC(=O)CN1CCN(C(=O)c2ccc(F)cc2)CC1. The molecule has 0 atom stereocenters. The summed E-state index contributed by atoms with van der Waals surface area (Å²) < 4.78 is 17.8. The highest BCUT2D eigenvalue weighted by Crippen LogP contribution is 2.09. The lowest BCUT2D eigenvalue weighted by molar-refractivity contribution is -0.122. The van der Waals surface area contributed by atoms with Crippen molar-refractivity contribution < 1.29 is 18.7 Å². The molecule has 7 heteroatoms. The first-order valence-electron chi connectivity index (χ1n) is 7.63. The smallest absolute Gasteiger partial charge is 0.253 e. The van der Waals surface area contributed by atoms with Crippen molar-refractivity contribution in [1.29, 1.82) is 0 Å². The van der Waals surface area contributed by atoms with Gasteiger partial charge in [0.2, 0.25) is 5.91 Å². The largest absolute Gasteiger partial charge is 0.383 e. The minimum absolute atomic E-state index is 0.0413. The molecule has 0 radical (unpaired) electrons. The summed E-state index contributed by atoms with van der Waals surface area (Å²) in [6, 6.07) is 5.56. The van der Waals surface area contributed by atoms with Crippen molar-refractivity contribution in [2.75, 3.05) is 53.0 Å². The number of hydrogen-bond donors (Lipinski definition) is 1. The number of halogens is 1. The minimum atomic E-state index is -0.356. The number of ether oxygens (including phenoxy) is 1. The highest BCUT2D eigenvalue weighted by Gasteiger charge is 2.23. The van der Waals surface area contributed by atoms with Crippen LogP contribution in [0.3, 0.4) is 0 Å². The molecule has 1 aliphatic rings. The number of benzene rings is 1. The number of methoxy groups -OCH3 is 1. The third-order valence-electron chi connectivity index (χ3n) is 3.75. The Kier molecular flexibility index (Phi) is 6.49. The van der Waals surface area contributed by atoms with Crippen LogP contribution in [0.15, 0.2) is 24.3 Å². The van der Waals surface area contributed by atoms with Crippen LogP contribution in [0.2, 0.25) is 0 Å². The molecular formula is C16H22FN3O3. The Morgan fingerprint density at radius 3 is 2.43 bits per heavy atom. The Morgan fingerprint density at radius 2 is 1.83 bits per heavy atom. The fraction of sp³-hybridized carbons (Fsp3) is 0.500. The van der Waals surface area contributed by atoms with E-state index in [1.807, 2.05) is 4.90 Å². The molecule has 0 spiro atoms. The Bertz CT molecular complexity index is 528. The molecule has 1 heterocycles. The molecule has 1 N–H and O–H groups in total. The molecule has 0 aliphatic carbocycles. The zero-order valence-corrected chi connectivity index (χ0v) is 13.3. The van der Waals surface area contributed by atoms with Crippen LogP contribution in [0.1, 0.15) is 10.4 Å². The molecule has 1 aromatic carbocycles. The zero-order chi connectivity index (χ0) is 16.7. The van der Waals surface area contributed by atoms with Gasteiger partial charge in [-0.05, 0) is 24.3 Å². The molecule has 1 fully saturated rings. The monoisotopic (exact) mass is 323 g/mol. The molecule has 23 heavy (non-hydrogen) atoms. The Labute approximate surface area is 135 Å². The van der Waals surface area contributed by atoms with Gasteiger partial charge < -0.3 is 15.0 Å². The maximum Gasteiger partial charge on any atom is 0.253 e. The summed E-state index contributed by atoms with van der Waals surface area (Å²) in [4.78, 5) is 27.8. The van der Waals surface area contributed by atoms with Crippen molar-refractivity contribution in [2.24, 2.45) is 0 Å². The lowest BCUT2D eigenvalue weighted by Crippen LogP contribution is -2.51. The van der Waals surface area contributed by atoms with Crippen LogP contribution in [0, 0.1) is 5.82 Å². The Hall–Kier alpha value is -1.99. The second kappa shape index (κ2) is 8.59. The summed E-state index contributed by atoms with van der Waals surface area (Å²) >= 11 is 0. The predicted molar refractivity (Wildman–Crippen MR) is 83.6 cm³/mol. The molecule has 6 nitrogen and oxygen atoms in total. The molecule has 1 saturated heterocycles. The number of amides is 2. The van der Waals surface area contributed by atoms with Gasteiger partial charge in [0.25, 0.3) is 5.91 Å². The van der Waals surface area contributed by atoms with Gasteiger partial charge in [0.15, 0.2) is 0 Å². The van der Waals surface area contributed by atoms with E-state index >= 15 is 0 Å². The molecule has 0 saturated carbocycles. The molecule has 0 aromatic heterocycles. The summed E-state index contributed by atoms with van der Waals surface area (Å²) in [7, 11) is 1.59. The van der Waals surface area contributed by atoms with Crippen LogP contribution < -0.4 is 5.32 Å². The first-order chi connectivity index (χ1) is 11.1. The molecule has 1 aromatic rings. The first kappa shape index (κ1) is 17.4. The van der Waals surface area contributed by atoms with Crippen molar-refractivity contribution in [2.45, 2.75) is 0 Å². The molecule has 126 valence electrons. The normalized spacial score (nSPS) is 15.5. The van der Waals surface area contributed by atoms with E-state index in [-0.39, 0.29) is 17.6 Å². The maximum atomic E-state index is 12.9. The summed E-state index contributed by atoms with van der Waals surface area (Å²) in [6.07, 6.45) is 0. The van der Waals surface area contributed by atoms with Crippen molar-refractivity contribution in [1.82, 2.24) is 15.1 Å². The van der Waals surface area contributed by atoms with E-state index < -0.39 is 0 Å². The van der Waals surface area contributed by atoms with Crippen LogP contribution in [-0.2, 0) is 9.53 Å². The quantitative estimate of drug-likeness (QED) is 0.767. The van der Waals surface area contributed by atoms with Crippen LogP contribution in [0.25, 0.3) is 0 Å². The van der Waals surface area contributed by atoms with Gasteiger partial charge in [-0.1, -0.05) is 0 Å². The second-order valence-corrected chi connectivity index (χ2v) is 5.42. The fourth-order valence-electron chi connectivity index (χ4n) is 2.44. The van der Waals surface area contributed by atoms with E-state index in [1.165, 1.54) is 24.3 Å². The van der Waals surface area contributed by atoms with Gasteiger partial charge in [0.05, 0.1) is 13.2 Å². The average molecular weight is 323 g/mol. The van der Waals surface area contributed by atoms with E-state index in [0.717, 1.165) is 0 Å². The average Bonchev–Trinajstić information content (AvgIpc) is 2.56. The topological polar surface area (TPSA) is 61.9 Å². The van der Waals surface area contributed by atoms with E-state index in [4.69, 9.17) is 4.74 Å². The number of piperazine rings is 1. The molecular weight excluding hydrogens is 301 g/mol. The lowest BCUT2D eigenvalue weighted by atomic mass is 10.2. The van der Waals surface area contributed by atoms with Crippen molar-refractivity contribution in [3.05, 3.63) is 35.6 Å². The van der Waals surface area contributed by atoms with E-state index in [9.17, 15) is 14.0 Å². The number of nitrogens with one attached hydrogen (secondary N) is 1. The number of nitrogens with zero attached hydrogens (tertiary/aromatic N) is 2. The third-order valence-corrected chi connectivity index (χ3v) is 3.75. The first-order valence-corrected chi connectivity index (χ1v) is 7.63. The standard InChI is InChI=1S/C16H22FN3O3/c1-23-11-6-18-15(21)12-19-7-9-20(10-8-19)16(22)13-2-4-14(17)5-3-13/h2-5H,6-12H2,1H3,(H,18,21). The number of rotatable bonds is 6. The minimum Gasteiger partial charge on any atom is -0.383 e. The van der Waals surface area contributed by atoms with Crippen molar-refractivity contribution >= 4 is 11.8 Å². The van der Waals surface area contributed by atoms with Crippen LogP contribution >= 0.6 is 0 Å². The van der Waals surface area contributed by atoms with Crippen LogP contribution in [-0.4, -0.2) is 74.6 Å². The van der Waals surface area contributed by atoms with Gasteiger partial charge in [-0.3, -0.25) is 14.5 Å². The predicted octanol–water partition coefficient (Wildman–Crippen LogP) is 0.346. The fourth-order valence-corrected chi connectivity index (χ4v) is 2.44. The molecule has 0 unspecified atom stereocenters. The van der Waals surface area contributed by atoms with Gasteiger partial charge >= 0.3 is 0 Å². The summed E-state index contributed by atoms with van der Waals surface area (Å²) in [5.74, 6) is -0.500. The number of carbonyl (C=O) groups is 2. The lowest BCUT2D eigenvalue weighted by Gasteiger charge is -2.34. The highest BCUT2D eigenvalue weighted by molar-refractivity contribution is 5.94. The van der Waals surface area contributed by atoms with Gasteiger partial charge in [-0.25, -0.2) is 4.39 Å². The summed E-state index contributed by atoms with van der Waals surface area (Å²) in [5.41, 5.74) is 0.483. The maximum absolute atomic E-state index is 12.9. The second-order valence-electron chi connectivity index (χ2n) is 5.42. The molecule has 0 bridgehead atoms. The Morgan fingerprint density at radius 1 is 1.17 bits per heavy atom. The van der Waals surface area contributed by atoms with Crippen LogP contribution in [0.5, 0.6) is 0 Å². The van der Waals surface area contributed by atoms with Gasteiger partial charge in [0, 0.05) is 45.4 Å². The van der Waals surface area contributed by atoms with E-state index in [1.54, 1.807) is 12.0 Å². The van der Waals surface area contributed by atoms with Crippen LogP contribution in [0.4, 0.5) is 4.39 Å². The third kappa shape index (κ3) is 5.30. The molecule has 2 amide bonds. The van der Waals surface area contributed by atoms with E-state index in [0.29, 0.717) is 51.4 Å². The Balaban J connectivity index is 1.76. The highest BCUT2D eigenvalue weighted by atomic mass is 19.1. The van der Waals surface area contributed by atoms with Crippen molar-refractivity contribution in [3.63, 3.8) is 0 Å². The number of carbonyl (C=O) groups excluding carboxylic acids is 2. The molecule has 2 rings (SSSR count). The summed E-state index contributed by atoms with van der Waals surface area (Å²) in [6.45, 7) is 3.71.